The number of rotatable bonds is 4. The van der Waals surface area contributed by atoms with Crippen LogP contribution in [0.4, 0.5) is 5.00 Å². The van der Waals surface area contributed by atoms with Crippen molar-refractivity contribution in [1.29, 1.82) is 5.26 Å². The average molecular weight is 358 g/mol. The number of furan rings is 1. The van der Waals surface area contributed by atoms with Crippen LogP contribution in [-0.2, 0) is 22.4 Å². The first-order valence-corrected chi connectivity index (χ1v) is 9.00. The summed E-state index contributed by atoms with van der Waals surface area (Å²) in [5.74, 6) is -1.08. The van der Waals surface area contributed by atoms with Gasteiger partial charge in [-0.25, -0.2) is 4.79 Å². The molecule has 3 rings (SSSR count). The molecule has 0 aromatic carbocycles. The van der Waals surface area contributed by atoms with Gasteiger partial charge < -0.3 is 14.5 Å². The van der Waals surface area contributed by atoms with Crippen molar-refractivity contribution < 1.29 is 18.7 Å². The van der Waals surface area contributed by atoms with Crippen LogP contribution in [0.25, 0.3) is 0 Å². The number of carbonyl (C=O) groups is 2. The van der Waals surface area contributed by atoms with Gasteiger partial charge in [-0.05, 0) is 44.2 Å². The first kappa shape index (κ1) is 17.2. The van der Waals surface area contributed by atoms with Crippen molar-refractivity contribution in [2.75, 3.05) is 5.32 Å². The minimum atomic E-state index is -0.976. The van der Waals surface area contributed by atoms with E-state index in [1.165, 1.54) is 41.7 Å². The largest absolute Gasteiger partial charge is 0.472 e. The van der Waals surface area contributed by atoms with Crippen LogP contribution in [-0.4, -0.2) is 18.0 Å². The highest BCUT2D eigenvalue weighted by molar-refractivity contribution is 7.16. The van der Waals surface area contributed by atoms with Crippen LogP contribution in [0, 0.1) is 11.3 Å². The third-order valence-electron chi connectivity index (χ3n) is 4.18. The number of nitriles is 1. The molecule has 2 aromatic rings. The average Bonchev–Trinajstić information content (AvgIpc) is 3.18. The topological polar surface area (TPSA) is 92.3 Å². The van der Waals surface area contributed by atoms with E-state index in [-0.39, 0.29) is 5.56 Å². The zero-order valence-electron chi connectivity index (χ0n) is 13.8. The number of hydrogen-bond acceptors (Lipinski definition) is 6. The summed E-state index contributed by atoms with van der Waals surface area (Å²) in [5.41, 5.74) is 1.85. The maximum Gasteiger partial charge on any atom is 0.342 e. The Morgan fingerprint density at radius 1 is 1.36 bits per heavy atom. The normalized spacial score (nSPS) is 14.7. The van der Waals surface area contributed by atoms with Crippen LogP contribution in [0.15, 0.2) is 23.0 Å². The van der Waals surface area contributed by atoms with Gasteiger partial charge in [0.25, 0.3) is 5.91 Å². The molecule has 2 heterocycles. The fourth-order valence-electron chi connectivity index (χ4n) is 2.83. The Kier molecular flexibility index (Phi) is 5.19. The lowest BCUT2D eigenvalue weighted by Gasteiger charge is -2.12. The van der Waals surface area contributed by atoms with E-state index in [0.717, 1.165) is 37.7 Å². The molecule has 7 heteroatoms. The summed E-state index contributed by atoms with van der Waals surface area (Å²) in [6, 6.07) is 3.68. The van der Waals surface area contributed by atoms with Gasteiger partial charge in [0.15, 0.2) is 6.10 Å². The number of amides is 1. The van der Waals surface area contributed by atoms with E-state index in [4.69, 9.17) is 9.15 Å². The van der Waals surface area contributed by atoms with Gasteiger partial charge >= 0.3 is 5.97 Å². The maximum atomic E-state index is 12.4. The third-order valence-corrected chi connectivity index (χ3v) is 5.39. The Hall–Kier alpha value is -2.59. The Morgan fingerprint density at radius 3 is 2.88 bits per heavy atom. The van der Waals surface area contributed by atoms with Gasteiger partial charge in [0, 0.05) is 4.88 Å². The molecule has 1 unspecified atom stereocenters. The van der Waals surface area contributed by atoms with Crippen molar-refractivity contribution in [2.45, 2.75) is 45.1 Å². The second-order valence-corrected chi connectivity index (χ2v) is 7.03. The molecule has 1 N–H and O–H groups in total. The van der Waals surface area contributed by atoms with Crippen LogP contribution >= 0.6 is 11.3 Å². The number of esters is 1. The van der Waals surface area contributed by atoms with Gasteiger partial charge in [0.1, 0.15) is 17.3 Å². The first-order chi connectivity index (χ1) is 12.1. The summed E-state index contributed by atoms with van der Waals surface area (Å²) in [4.78, 5) is 25.4. The number of carbonyl (C=O) groups excluding carboxylic acids is 2. The minimum Gasteiger partial charge on any atom is -0.472 e. The lowest BCUT2D eigenvalue weighted by atomic mass is 10.1. The van der Waals surface area contributed by atoms with Gasteiger partial charge in [-0.1, -0.05) is 6.42 Å². The fraction of sp³-hybridized carbons (Fsp3) is 0.389. The molecule has 1 aliphatic carbocycles. The predicted molar refractivity (Wildman–Crippen MR) is 92.5 cm³/mol. The summed E-state index contributed by atoms with van der Waals surface area (Å²) in [5, 5.41) is 12.8. The summed E-state index contributed by atoms with van der Waals surface area (Å²) in [6.45, 7) is 1.50. The monoisotopic (exact) mass is 358 g/mol. The molecule has 1 atom stereocenters. The molecule has 130 valence electrons. The fourth-order valence-corrected chi connectivity index (χ4v) is 4.07. The second-order valence-electron chi connectivity index (χ2n) is 5.93. The highest BCUT2D eigenvalue weighted by atomic mass is 32.1. The zero-order chi connectivity index (χ0) is 17.8. The second kappa shape index (κ2) is 7.53. The van der Waals surface area contributed by atoms with Gasteiger partial charge in [-0.3, -0.25) is 4.79 Å². The van der Waals surface area contributed by atoms with Gasteiger partial charge in [-0.15, -0.1) is 11.3 Å². The highest BCUT2D eigenvalue weighted by Crippen LogP contribution is 2.37. The zero-order valence-corrected chi connectivity index (χ0v) is 14.6. The molecule has 0 saturated carbocycles. The van der Waals surface area contributed by atoms with Crippen molar-refractivity contribution in [3.8, 4) is 6.07 Å². The summed E-state index contributed by atoms with van der Waals surface area (Å²) < 4.78 is 9.96. The van der Waals surface area contributed by atoms with Crippen LogP contribution in [0.2, 0.25) is 0 Å². The van der Waals surface area contributed by atoms with E-state index < -0.39 is 18.0 Å². The van der Waals surface area contributed by atoms with E-state index in [2.05, 4.69) is 11.4 Å². The minimum absolute atomic E-state index is 0.250. The lowest BCUT2D eigenvalue weighted by molar-refractivity contribution is -0.123. The quantitative estimate of drug-likeness (QED) is 0.665. The van der Waals surface area contributed by atoms with Crippen molar-refractivity contribution in [3.05, 3.63) is 40.2 Å². The van der Waals surface area contributed by atoms with E-state index in [1.807, 2.05) is 0 Å². The maximum absolute atomic E-state index is 12.4. The molecule has 0 fully saturated rings. The molecule has 0 saturated heterocycles. The molecule has 0 bridgehead atoms. The first-order valence-electron chi connectivity index (χ1n) is 8.19. The van der Waals surface area contributed by atoms with E-state index in [1.54, 1.807) is 0 Å². The SMILES string of the molecule is CC(OC(=O)c1ccoc1)C(=O)Nc1sc2c(c1C#N)CCCCC2. The molecule has 0 radical (unpaired) electrons. The summed E-state index contributed by atoms with van der Waals surface area (Å²) >= 11 is 1.45. The van der Waals surface area contributed by atoms with Gasteiger partial charge in [0.2, 0.25) is 0 Å². The van der Waals surface area contributed by atoms with Crippen LogP contribution in [0.5, 0.6) is 0 Å². The number of aryl methyl sites for hydroxylation is 1. The number of nitrogens with zero attached hydrogens (tertiary/aromatic N) is 1. The van der Waals surface area contributed by atoms with Crippen molar-refractivity contribution >= 4 is 28.2 Å². The van der Waals surface area contributed by atoms with E-state index in [9.17, 15) is 14.9 Å². The Labute approximate surface area is 149 Å². The lowest BCUT2D eigenvalue weighted by Crippen LogP contribution is -2.29. The molecule has 1 amide bonds. The molecular formula is C18H18N2O4S. The van der Waals surface area contributed by atoms with Crippen LogP contribution in [0.3, 0.4) is 0 Å². The number of hydrogen-bond donors (Lipinski definition) is 1. The molecule has 0 aliphatic heterocycles. The highest BCUT2D eigenvalue weighted by Gasteiger charge is 2.24. The molecule has 25 heavy (non-hydrogen) atoms. The van der Waals surface area contributed by atoms with Crippen molar-refractivity contribution in [1.82, 2.24) is 0 Å². The smallest absolute Gasteiger partial charge is 0.342 e. The standard InChI is InChI=1S/C18H18N2O4S/c1-11(24-18(22)12-7-8-23-10-12)16(21)20-17-14(9-19)13-5-3-2-4-6-15(13)25-17/h7-8,10-11H,2-6H2,1H3,(H,20,21). The predicted octanol–water partition coefficient (Wildman–Crippen LogP) is 3.67. The summed E-state index contributed by atoms with van der Waals surface area (Å²) in [7, 11) is 0. The Morgan fingerprint density at radius 2 is 2.16 bits per heavy atom. The number of nitrogens with one attached hydrogen (secondary N) is 1. The number of ether oxygens (including phenoxy) is 1. The summed E-state index contributed by atoms with van der Waals surface area (Å²) in [6.07, 6.45) is 6.78. The van der Waals surface area contributed by atoms with Gasteiger partial charge in [0.05, 0.1) is 17.4 Å². The third kappa shape index (κ3) is 3.74. The number of thiophene rings is 1. The number of anilines is 1. The molecule has 6 nitrogen and oxygen atoms in total. The molecule has 2 aromatic heterocycles. The Balaban J connectivity index is 1.70. The molecular weight excluding hydrogens is 340 g/mol. The van der Waals surface area contributed by atoms with Crippen molar-refractivity contribution in [3.63, 3.8) is 0 Å². The molecule has 0 spiro atoms. The Bertz CT molecular complexity index is 817. The number of fused-ring (bicyclic) bond motifs is 1. The van der Waals surface area contributed by atoms with Crippen LogP contribution in [0.1, 0.15) is 52.5 Å². The molecule has 1 aliphatic rings. The van der Waals surface area contributed by atoms with Gasteiger partial charge in [-0.2, -0.15) is 5.26 Å². The van der Waals surface area contributed by atoms with E-state index in [0.29, 0.717) is 10.6 Å². The van der Waals surface area contributed by atoms with Crippen molar-refractivity contribution in [2.24, 2.45) is 0 Å². The van der Waals surface area contributed by atoms with E-state index >= 15 is 0 Å². The van der Waals surface area contributed by atoms with Crippen LogP contribution < -0.4 is 5.32 Å².